The standard InChI is InChI=1S/C16H32N2O/c1-15(2)7-5-12-18(13-10-15)14(19)6-8-16(3,4)9-11-17/h5-13,17H2,1-4H3. The molecule has 112 valence electrons. The molecule has 1 heterocycles. The first kappa shape index (κ1) is 16.5. The summed E-state index contributed by atoms with van der Waals surface area (Å²) in [7, 11) is 0. The van der Waals surface area contributed by atoms with Crippen LogP contribution in [0.15, 0.2) is 0 Å². The van der Waals surface area contributed by atoms with Gasteiger partial charge >= 0.3 is 0 Å². The van der Waals surface area contributed by atoms with Crippen LogP contribution in [-0.4, -0.2) is 30.4 Å². The van der Waals surface area contributed by atoms with Gasteiger partial charge in [0.05, 0.1) is 0 Å². The second kappa shape index (κ2) is 6.74. The third-order valence-electron chi connectivity index (χ3n) is 4.53. The van der Waals surface area contributed by atoms with E-state index in [1.54, 1.807) is 0 Å². The zero-order chi connectivity index (χ0) is 14.5. The summed E-state index contributed by atoms with van der Waals surface area (Å²) >= 11 is 0. The Bertz CT molecular complexity index is 297. The van der Waals surface area contributed by atoms with E-state index in [9.17, 15) is 4.79 Å². The lowest BCUT2D eigenvalue weighted by Gasteiger charge is -2.27. The van der Waals surface area contributed by atoms with Crippen molar-refractivity contribution in [2.45, 2.75) is 66.2 Å². The van der Waals surface area contributed by atoms with Crippen molar-refractivity contribution in [3.63, 3.8) is 0 Å². The zero-order valence-corrected chi connectivity index (χ0v) is 13.3. The number of hydrogen-bond acceptors (Lipinski definition) is 2. The molecule has 19 heavy (non-hydrogen) atoms. The Morgan fingerprint density at radius 1 is 1.21 bits per heavy atom. The Hall–Kier alpha value is -0.570. The molecule has 0 unspecified atom stereocenters. The van der Waals surface area contributed by atoms with Crippen molar-refractivity contribution in [3.8, 4) is 0 Å². The van der Waals surface area contributed by atoms with E-state index in [0.717, 1.165) is 38.8 Å². The molecule has 1 amide bonds. The van der Waals surface area contributed by atoms with Gasteiger partial charge in [-0.3, -0.25) is 4.79 Å². The van der Waals surface area contributed by atoms with Crippen LogP contribution < -0.4 is 5.73 Å². The topological polar surface area (TPSA) is 46.3 Å². The Morgan fingerprint density at radius 2 is 1.89 bits per heavy atom. The molecule has 1 fully saturated rings. The van der Waals surface area contributed by atoms with Gasteiger partial charge in [-0.2, -0.15) is 0 Å². The molecular weight excluding hydrogens is 236 g/mol. The predicted octanol–water partition coefficient (Wildman–Crippen LogP) is 3.18. The summed E-state index contributed by atoms with van der Waals surface area (Å²) in [5.74, 6) is 0.336. The van der Waals surface area contributed by atoms with Crippen molar-refractivity contribution in [2.75, 3.05) is 19.6 Å². The fourth-order valence-electron chi connectivity index (χ4n) is 2.79. The van der Waals surface area contributed by atoms with Gasteiger partial charge in [-0.15, -0.1) is 0 Å². The maximum Gasteiger partial charge on any atom is 0.222 e. The molecule has 0 aromatic heterocycles. The van der Waals surface area contributed by atoms with E-state index in [1.165, 1.54) is 6.42 Å². The van der Waals surface area contributed by atoms with Crippen molar-refractivity contribution >= 4 is 5.91 Å². The molecule has 1 rings (SSSR count). The minimum absolute atomic E-state index is 0.190. The number of carbonyl (C=O) groups excluding carboxylic acids is 1. The molecule has 0 atom stereocenters. The fourth-order valence-corrected chi connectivity index (χ4v) is 2.79. The van der Waals surface area contributed by atoms with Gasteiger partial charge in [-0.1, -0.05) is 27.7 Å². The van der Waals surface area contributed by atoms with Crippen molar-refractivity contribution in [1.82, 2.24) is 4.90 Å². The molecule has 1 saturated heterocycles. The summed E-state index contributed by atoms with van der Waals surface area (Å²) in [4.78, 5) is 14.4. The van der Waals surface area contributed by atoms with Crippen LogP contribution in [0.5, 0.6) is 0 Å². The largest absolute Gasteiger partial charge is 0.343 e. The number of amides is 1. The fraction of sp³-hybridized carbons (Fsp3) is 0.938. The molecule has 0 aromatic rings. The van der Waals surface area contributed by atoms with Gasteiger partial charge in [0.15, 0.2) is 0 Å². The Labute approximate surface area is 118 Å². The lowest BCUT2D eigenvalue weighted by molar-refractivity contribution is -0.131. The van der Waals surface area contributed by atoms with Gasteiger partial charge in [0, 0.05) is 19.5 Å². The smallest absolute Gasteiger partial charge is 0.222 e. The van der Waals surface area contributed by atoms with Gasteiger partial charge in [-0.25, -0.2) is 0 Å². The summed E-state index contributed by atoms with van der Waals surface area (Å²) in [6.45, 7) is 11.6. The molecule has 3 heteroatoms. The van der Waals surface area contributed by atoms with Crippen LogP contribution in [0.3, 0.4) is 0 Å². The Morgan fingerprint density at radius 3 is 2.53 bits per heavy atom. The first-order chi connectivity index (χ1) is 8.76. The molecule has 0 aliphatic carbocycles. The molecule has 0 bridgehead atoms. The molecule has 2 N–H and O–H groups in total. The average Bonchev–Trinajstić information content (AvgIpc) is 2.47. The number of carbonyl (C=O) groups is 1. The first-order valence-corrected chi connectivity index (χ1v) is 7.74. The zero-order valence-electron chi connectivity index (χ0n) is 13.3. The van der Waals surface area contributed by atoms with E-state index in [-0.39, 0.29) is 5.41 Å². The second-order valence-electron chi connectivity index (χ2n) is 7.60. The minimum Gasteiger partial charge on any atom is -0.343 e. The highest BCUT2D eigenvalue weighted by molar-refractivity contribution is 5.76. The molecule has 1 aliphatic rings. The maximum absolute atomic E-state index is 12.3. The van der Waals surface area contributed by atoms with Gasteiger partial charge in [0.2, 0.25) is 5.91 Å². The number of rotatable bonds is 5. The summed E-state index contributed by atoms with van der Waals surface area (Å²) in [5.41, 5.74) is 6.21. The quantitative estimate of drug-likeness (QED) is 0.832. The van der Waals surface area contributed by atoms with E-state index in [4.69, 9.17) is 5.73 Å². The monoisotopic (exact) mass is 268 g/mol. The van der Waals surface area contributed by atoms with Crippen LogP contribution in [0.25, 0.3) is 0 Å². The third kappa shape index (κ3) is 5.94. The average molecular weight is 268 g/mol. The highest BCUT2D eigenvalue weighted by Crippen LogP contribution is 2.31. The van der Waals surface area contributed by atoms with Crippen molar-refractivity contribution in [2.24, 2.45) is 16.6 Å². The Kier molecular flexibility index (Phi) is 5.84. The molecule has 1 aliphatic heterocycles. The molecule has 0 spiro atoms. The van der Waals surface area contributed by atoms with Crippen LogP contribution in [0.4, 0.5) is 0 Å². The lowest BCUT2D eigenvalue weighted by atomic mass is 9.84. The minimum atomic E-state index is 0.190. The number of nitrogens with zero attached hydrogens (tertiary/aromatic N) is 1. The van der Waals surface area contributed by atoms with Crippen molar-refractivity contribution in [1.29, 1.82) is 0 Å². The van der Waals surface area contributed by atoms with Crippen LogP contribution in [0.2, 0.25) is 0 Å². The van der Waals surface area contributed by atoms with Gasteiger partial charge < -0.3 is 10.6 Å². The maximum atomic E-state index is 12.3. The molecular formula is C16H32N2O. The van der Waals surface area contributed by atoms with Crippen LogP contribution >= 0.6 is 0 Å². The molecule has 3 nitrogen and oxygen atoms in total. The second-order valence-corrected chi connectivity index (χ2v) is 7.60. The number of likely N-dealkylation sites (tertiary alicyclic amines) is 1. The van der Waals surface area contributed by atoms with Crippen LogP contribution in [-0.2, 0) is 4.79 Å². The third-order valence-corrected chi connectivity index (χ3v) is 4.53. The van der Waals surface area contributed by atoms with E-state index >= 15 is 0 Å². The summed E-state index contributed by atoms with van der Waals surface area (Å²) in [5, 5.41) is 0. The van der Waals surface area contributed by atoms with Crippen molar-refractivity contribution in [3.05, 3.63) is 0 Å². The van der Waals surface area contributed by atoms with E-state index in [1.807, 2.05) is 0 Å². The van der Waals surface area contributed by atoms with E-state index in [0.29, 0.717) is 24.3 Å². The van der Waals surface area contributed by atoms with Crippen molar-refractivity contribution < 1.29 is 4.79 Å². The number of nitrogens with two attached hydrogens (primary N) is 1. The SMILES string of the molecule is CC(C)(CCN)CCC(=O)N1CCCC(C)(C)CC1. The number of hydrogen-bond donors (Lipinski definition) is 1. The molecule has 0 aromatic carbocycles. The normalized spacial score (nSPS) is 20.2. The van der Waals surface area contributed by atoms with Gasteiger partial charge in [0.25, 0.3) is 0 Å². The molecule has 0 saturated carbocycles. The van der Waals surface area contributed by atoms with Crippen LogP contribution in [0.1, 0.15) is 66.2 Å². The molecule has 0 radical (unpaired) electrons. The summed E-state index contributed by atoms with van der Waals surface area (Å²) in [6.07, 6.45) is 6.12. The predicted molar refractivity (Wildman–Crippen MR) is 80.9 cm³/mol. The first-order valence-electron chi connectivity index (χ1n) is 7.74. The van der Waals surface area contributed by atoms with E-state index in [2.05, 4.69) is 32.6 Å². The lowest BCUT2D eigenvalue weighted by Crippen LogP contribution is -2.33. The van der Waals surface area contributed by atoms with Gasteiger partial charge in [-0.05, 0) is 49.5 Å². The highest BCUT2D eigenvalue weighted by Gasteiger charge is 2.26. The summed E-state index contributed by atoms with van der Waals surface area (Å²) < 4.78 is 0. The highest BCUT2D eigenvalue weighted by atomic mass is 16.2. The Balaban J connectivity index is 2.41. The summed E-state index contributed by atoms with van der Waals surface area (Å²) in [6, 6.07) is 0. The van der Waals surface area contributed by atoms with E-state index < -0.39 is 0 Å². The van der Waals surface area contributed by atoms with Crippen LogP contribution in [0, 0.1) is 10.8 Å². The van der Waals surface area contributed by atoms with Gasteiger partial charge in [0.1, 0.15) is 0 Å².